The predicted molar refractivity (Wildman–Crippen MR) is 200 cm³/mol. The Hall–Kier alpha value is -6.00. The molecule has 48 heavy (non-hydrogen) atoms. The van der Waals surface area contributed by atoms with Crippen LogP contribution in [0.4, 0.5) is 0 Å². The predicted octanol–water partition coefficient (Wildman–Crippen LogP) is 11.3. The number of fused-ring (bicyclic) bond motifs is 6. The summed E-state index contributed by atoms with van der Waals surface area (Å²) in [6.07, 6.45) is 3.80. The van der Waals surface area contributed by atoms with Crippen LogP contribution in [0.15, 0.2) is 152 Å². The summed E-state index contributed by atoms with van der Waals surface area (Å²) in [6.45, 7) is 6.75. The Balaban J connectivity index is 1.37. The monoisotopic (exact) mass is 618 g/mol. The standard InChI is InChI=1S/C44H34N4/c1-44(2,3)31-23-25-46-42(27-31)48-38-17-8-7-14-34(38)35-22-20-32(28-41(35)48)47-39-18-11-15-33(29-12-5-4-6-13-29)43(39)36-21-19-30(26-40(36)47)37-16-9-10-24-45-37/h4-28H,1-3H3. The Morgan fingerprint density at radius 1 is 0.479 bits per heavy atom. The van der Waals surface area contributed by atoms with Crippen molar-refractivity contribution in [2.75, 3.05) is 0 Å². The van der Waals surface area contributed by atoms with E-state index in [1.165, 1.54) is 43.8 Å². The molecule has 0 bridgehead atoms. The van der Waals surface area contributed by atoms with Crippen molar-refractivity contribution in [1.82, 2.24) is 19.1 Å². The lowest BCUT2D eigenvalue weighted by atomic mass is 9.88. The normalized spacial score (nSPS) is 12.1. The molecule has 4 aromatic heterocycles. The first-order valence-corrected chi connectivity index (χ1v) is 16.5. The fourth-order valence-corrected chi connectivity index (χ4v) is 7.25. The number of aromatic nitrogens is 4. The van der Waals surface area contributed by atoms with E-state index in [4.69, 9.17) is 9.97 Å². The van der Waals surface area contributed by atoms with Crippen LogP contribution in [-0.4, -0.2) is 19.1 Å². The van der Waals surface area contributed by atoms with Crippen LogP contribution in [0, 0.1) is 0 Å². The summed E-state index contributed by atoms with van der Waals surface area (Å²) in [7, 11) is 0. The highest BCUT2D eigenvalue weighted by molar-refractivity contribution is 6.17. The van der Waals surface area contributed by atoms with E-state index < -0.39 is 0 Å². The molecular formula is C44H34N4. The first kappa shape index (κ1) is 28.2. The topological polar surface area (TPSA) is 35.6 Å². The third-order valence-electron chi connectivity index (χ3n) is 9.59. The van der Waals surface area contributed by atoms with Crippen LogP contribution < -0.4 is 0 Å². The Morgan fingerprint density at radius 2 is 1.23 bits per heavy atom. The van der Waals surface area contributed by atoms with Crippen LogP contribution in [0.3, 0.4) is 0 Å². The second-order valence-electron chi connectivity index (χ2n) is 13.6. The van der Waals surface area contributed by atoms with Crippen molar-refractivity contribution in [3.8, 4) is 33.9 Å². The lowest BCUT2D eigenvalue weighted by molar-refractivity contribution is 0.588. The van der Waals surface area contributed by atoms with E-state index in [0.29, 0.717) is 0 Å². The van der Waals surface area contributed by atoms with Gasteiger partial charge < -0.3 is 4.57 Å². The van der Waals surface area contributed by atoms with E-state index in [2.05, 4.69) is 157 Å². The van der Waals surface area contributed by atoms with Crippen molar-refractivity contribution in [2.24, 2.45) is 0 Å². The smallest absolute Gasteiger partial charge is 0.137 e. The Morgan fingerprint density at radius 3 is 2.06 bits per heavy atom. The maximum Gasteiger partial charge on any atom is 0.137 e. The van der Waals surface area contributed by atoms with Gasteiger partial charge in [-0.2, -0.15) is 0 Å². The minimum Gasteiger partial charge on any atom is -0.309 e. The number of rotatable bonds is 4. The molecule has 4 heteroatoms. The maximum absolute atomic E-state index is 4.93. The van der Waals surface area contributed by atoms with Gasteiger partial charge in [-0.25, -0.2) is 4.98 Å². The number of hydrogen-bond acceptors (Lipinski definition) is 2. The first-order valence-electron chi connectivity index (χ1n) is 16.5. The van der Waals surface area contributed by atoms with Crippen molar-refractivity contribution in [1.29, 1.82) is 0 Å². The van der Waals surface area contributed by atoms with Gasteiger partial charge in [-0.3, -0.25) is 9.55 Å². The van der Waals surface area contributed by atoms with E-state index in [1.807, 2.05) is 24.5 Å². The molecular weight excluding hydrogens is 585 g/mol. The number of benzene rings is 5. The van der Waals surface area contributed by atoms with E-state index in [9.17, 15) is 0 Å². The second-order valence-corrected chi connectivity index (χ2v) is 13.6. The van der Waals surface area contributed by atoms with Crippen molar-refractivity contribution in [2.45, 2.75) is 26.2 Å². The summed E-state index contributed by atoms with van der Waals surface area (Å²) < 4.78 is 4.75. The lowest BCUT2D eigenvalue weighted by Gasteiger charge is -2.20. The van der Waals surface area contributed by atoms with Gasteiger partial charge in [0.1, 0.15) is 5.82 Å². The van der Waals surface area contributed by atoms with Crippen molar-refractivity contribution in [3.05, 3.63) is 157 Å². The largest absolute Gasteiger partial charge is 0.309 e. The van der Waals surface area contributed by atoms with Gasteiger partial charge in [-0.1, -0.05) is 106 Å². The highest BCUT2D eigenvalue weighted by Gasteiger charge is 2.21. The molecule has 0 saturated carbocycles. The van der Waals surface area contributed by atoms with Crippen LogP contribution >= 0.6 is 0 Å². The van der Waals surface area contributed by atoms with Crippen LogP contribution in [0.25, 0.3) is 77.5 Å². The van der Waals surface area contributed by atoms with Crippen LogP contribution in [0.2, 0.25) is 0 Å². The Bertz CT molecular complexity index is 2640. The van der Waals surface area contributed by atoms with Gasteiger partial charge in [-0.05, 0) is 76.7 Å². The van der Waals surface area contributed by atoms with E-state index in [-0.39, 0.29) is 5.41 Å². The third kappa shape index (κ3) is 4.44. The fourth-order valence-electron chi connectivity index (χ4n) is 7.25. The Kier molecular flexibility index (Phi) is 6.34. The molecule has 0 amide bonds. The minimum atomic E-state index is 0.00631. The summed E-state index contributed by atoms with van der Waals surface area (Å²) in [5, 5.41) is 4.88. The molecule has 230 valence electrons. The van der Waals surface area contributed by atoms with Crippen LogP contribution in [-0.2, 0) is 5.41 Å². The van der Waals surface area contributed by atoms with Crippen molar-refractivity contribution >= 4 is 43.6 Å². The van der Waals surface area contributed by atoms with Gasteiger partial charge in [-0.15, -0.1) is 0 Å². The summed E-state index contributed by atoms with van der Waals surface area (Å²) in [5.74, 6) is 0.928. The molecule has 0 N–H and O–H groups in total. The van der Waals surface area contributed by atoms with E-state index in [1.54, 1.807) is 0 Å². The summed E-state index contributed by atoms with van der Waals surface area (Å²) in [5.41, 5.74) is 11.4. The molecule has 4 heterocycles. The van der Waals surface area contributed by atoms with Gasteiger partial charge in [0.05, 0.1) is 27.8 Å². The fraction of sp³-hybridized carbons (Fsp3) is 0.0909. The quantitative estimate of drug-likeness (QED) is 0.197. The molecule has 0 atom stereocenters. The minimum absolute atomic E-state index is 0.00631. The molecule has 0 aliphatic rings. The van der Waals surface area contributed by atoms with Gasteiger partial charge in [0, 0.05) is 45.2 Å². The molecule has 0 aliphatic heterocycles. The molecule has 0 fully saturated rings. The lowest BCUT2D eigenvalue weighted by Crippen LogP contribution is -2.12. The average Bonchev–Trinajstić information content (AvgIpc) is 3.64. The van der Waals surface area contributed by atoms with E-state index >= 15 is 0 Å². The zero-order valence-electron chi connectivity index (χ0n) is 27.2. The third-order valence-corrected chi connectivity index (χ3v) is 9.59. The van der Waals surface area contributed by atoms with E-state index in [0.717, 1.165) is 39.3 Å². The second kappa shape index (κ2) is 10.8. The zero-order valence-corrected chi connectivity index (χ0v) is 27.2. The van der Waals surface area contributed by atoms with Gasteiger partial charge >= 0.3 is 0 Å². The number of hydrogen-bond donors (Lipinski definition) is 0. The molecule has 0 unspecified atom stereocenters. The van der Waals surface area contributed by atoms with Gasteiger partial charge in [0.2, 0.25) is 0 Å². The number of para-hydroxylation sites is 1. The molecule has 5 aromatic carbocycles. The van der Waals surface area contributed by atoms with Crippen molar-refractivity contribution in [3.63, 3.8) is 0 Å². The Labute approximate surface area is 279 Å². The van der Waals surface area contributed by atoms with Crippen molar-refractivity contribution < 1.29 is 0 Å². The summed E-state index contributed by atoms with van der Waals surface area (Å²) >= 11 is 0. The summed E-state index contributed by atoms with van der Waals surface area (Å²) in [4.78, 5) is 9.62. The van der Waals surface area contributed by atoms with Gasteiger partial charge in [0.15, 0.2) is 0 Å². The zero-order chi connectivity index (χ0) is 32.4. The molecule has 4 nitrogen and oxygen atoms in total. The first-order chi connectivity index (χ1) is 23.5. The number of pyridine rings is 2. The van der Waals surface area contributed by atoms with Crippen LogP contribution in [0.1, 0.15) is 26.3 Å². The molecule has 0 aliphatic carbocycles. The molecule has 9 rings (SSSR count). The van der Waals surface area contributed by atoms with Gasteiger partial charge in [0.25, 0.3) is 0 Å². The number of nitrogens with zero attached hydrogens (tertiary/aromatic N) is 4. The molecule has 9 aromatic rings. The molecule has 0 saturated heterocycles. The summed E-state index contributed by atoms with van der Waals surface area (Å²) in [6, 6.07) is 50.1. The molecule has 0 spiro atoms. The highest BCUT2D eigenvalue weighted by atomic mass is 15.1. The maximum atomic E-state index is 4.93. The van der Waals surface area contributed by atoms with Crippen LogP contribution in [0.5, 0.6) is 0 Å². The molecule has 0 radical (unpaired) electrons. The SMILES string of the molecule is CC(C)(C)c1ccnc(-n2c3ccccc3c3ccc(-n4c5cc(-c6ccccn6)ccc5c5c(-c6ccccc6)cccc54)cc32)c1. The highest BCUT2D eigenvalue weighted by Crippen LogP contribution is 2.41. The average molecular weight is 619 g/mol.